The molecular formula is C12H11BrN2O3S2. The van der Waals surface area contributed by atoms with Crippen LogP contribution in [0.25, 0.3) is 0 Å². The first-order valence-electron chi connectivity index (χ1n) is 5.48. The van der Waals surface area contributed by atoms with E-state index in [0.717, 1.165) is 15.8 Å². The first kappa shape index (κ1) is 15.0. The molecule has 106 valence electrons. The third-order valence-electron chi connectivity index (χ3n) is 2.48. The fraction of sp³-hybridized carbons (Fsp3) is 0.0833. The van der Waals surface area contributed by atoms with E-state index in [4.69, 9.17) is 5.73 Å². The number of nitrogens with two attached hydrogens (primary N) is 1. The summed E-state index contributed by atoms with van der Waals surface area (Å²) in [6.45, 7) is 1.63. The molecule has 5 nitrogen and oxygen atoms in total. The van der Waals surface area contributed by atoms with Gasteiger partial charge in [0.25, 0.3) is 15.9 Å². The Bertz CT molecular complexity index is 769. The lowest BCUT2D eigenvalue weighted by atomic mass is 10.3. The van der Waals surface area contributed by atoms with E-state index in [1.807, 2.05) is 0 Å². The normalized spacial score (nSPS) is 11.3. The molecule has 0 atom stereocenters. The fourth-order valence-corrected chi connectivity index (χ4v) is 4.51. The maximum absolute atomic E-state index is 12.3. The molecule has 0 aliphatic rings. The van der Waals surface area contributed by atoms with Gasteiger partial charge in [-0.05, 0) is 31.2 Å². The molecule has 0 aliphatic carbocycles. The number of carbonyl (C=O) groups excluding carboxylic acids is 1. The largest absolute Gasteiger partial charge is 0.365 e. The number of hydrogen-bond acceptors (Lipinski definition) is 4. The third kappa shape index (κ3) is 3.20. The van der Waals surface area contributed by atoms with E-state index < -0.39 is 15.9 Å². The molecule has 0 fully saturated rings. The minimum Gasteiger partial charge on any atom is -0.365 e. The summed E-state index contributed by atoms with van der Waals surface area (Å²) >= 11 is 4.33. The van der Waals surface area contributed by atoms with Crippen molar-refractivity contribution >= 4 is 48.9 Å². The molecule has 1 aromatic carbocycles. The molecule has 20 heavy (non-hydrogen) atoms. The highest BCUT2D eigenvalue weighted by molar-refractivity contribution is 9.10. The van der Waals surface area contributed by atoms with Crippen molar-refractivity contribution in [1.29, 1.82) is 0 Å². The number of anilines is 1. The Kier molecular flexibility index (Phi) is 4.17. The van der Waals surface area contributed by atoms with Gasteiger partial charge in [-0.3, -0.25) is 9.52 Å². The summed E-state index contributed by atoms with van der Waals surface area (Å²) in [5.41, 5.74) is 5.60. The number of sulfonamides is 1. The SMILES string of the molecule is Cc1sc(C(N)=O)cc1S(=O)(=O)Nc1cccc(Br)c1. The summed E-state index contributed by atoms with van der Waals surface area (Å²) in [7, 11) is -3.74. The number of carbonyl (C=O) groups is 1. The standard InChI is InChI=1S/C12H11BrN2O3S2/c1-7-11(6-10(19-7)12(14)16)20(17,18)15-9-4-2-3-8(13)5-9/h2-6,15H,1H3,(H2,14,16). The van der Waals surface area contributed by atoms with E-state index in [9.17, 15) is 13.2 Å². The molecule has 3 N–H and O–H groups in total. The molecule has 1 aromatic heterocycles. The highest BCUT2D eigenvalue weighted by atomic mass is 79.9. The van der Waals surface area contributed by atoms with Crippen molar-refractivity contribution in [3.8, 4) is 0 Å². The van der Waals surface area contributed by atoms with Crippen molar-refractivity contribution in [3.63, 3.8) is 0 Å². The van der Waals surface area contributed by atoms with Crippen LogP contribution in [-0.4, -0.2) is 14.3 Å². The first-order chi connectivity index (χ1) is 9.29. The molecule has 0 saturated carbocycles. The van der Waals surface area contributed by atoms with Crippen LogP contribution >= 0.6 is 27.3 Å². The molecule has 0 unspecified atom stereocenters. The Morgan fingerprint density at radius 1 is 1.35 bits per heavy atom. The smallest absolute Gasteiger partial charge is 0.263 e. The maximum Gasteiger partial charge on any atom is 0.263 e. The topological polar surface area (TPSA) is 89.3 Å². The summed E-state index contributed by atoms with van der Waals surface area (Å²) in [5, 5.41) is 0. The fourth-order valence-electron chi connectivity index (χ4n) is 1.62. The van der Waals surface area contributed by atoms with Gasteiger partial charge in [0, 0.05) is 15.0 Å². The van der Waals surface area contributed by atoms with Gasteiger partial charge in [-0.25, -0.2) is 8.42 Å². The van der Waals surface area contributed by atoms with Crippen LogP contribution in [0.5, 0.6) is 0 Å². The summed E-state index contributed by atoms with van der Waals surface area (Å²) in [5.74, 6) is -0.637. The Hall–Kier alpha value is -1.38. The number of amides is 1. The summed E-state index contributed by atoms with van der Waals surface area (Å²) in [6.07, 6.45) is 0. The molecule has 0 aliphatic heterocycles. The Morgan fingerprint density at radius 2 is 2.05 bits per heavy atom. The summed E-state index contributed by atoms with van der Waals surface area (Å²) in [6, 6.07) is 8.09. The van der Waals surface area contributed by atoms with Crippen LogP contribution in [0.1, 0.15) is 14.5 Å². The second-order valence-electron chi connectivity index (χ2n) is 4.01. The lowest BCUT2D eigenvalue weighted by molar-refractivity contribution is 0.100. The molecule has 1 heterocycles. The zero-order valence-electron chi connectivity index (χ0n) is 10.4. The van der Waals surface area contributed by atoms with Gasteiger partial charge in [-0.1, -0.05) is 22.0 Å². The molecule has 1 amide bonds. The second kappa shape index (κ2) is 5.55. The predicted octanol–water partition coefficient (Wildman–Crippen LogP) is 2.72. The number of nitrogens with one attached hydrogen (secondary N) is 1. The number of halogens is 1. The number of benzene rings is 1. The van der Waals surface area contributed by atoms with E-state index >= 15 is 0 Å². The van der Waals surface area contributed by atoms with Gasteiger partial charge in [0.1, 0.15) is 4.90 Å². The van der Waals surface area contributed by atoms with Gasteiger partial charge < -0.3 is 5.73 Å². The van der Waals surface area contributed by atoms with Crippen LogP contribution in [0.3, 0.4) is 0 Å². The van der Waals surface area contributed by atoms with Crippen LogP contribution in [-0.2, 0) is 10.0 Å². The molecule has 2 aromatic rings. The lowest BCUT2D eigenvalue weighted by Crippen LogP contribution is -2.13. The molecular weight excluding hydrogens is 364 g/mol. The third-order valence-corrected chi connectivity index (χ3v) is 5.68. The average molecular weight is 375 g/mol. The van der Waals surface area contributed by atoms with Crippen molar-refractivity contribution in [2.45, 2.75) is 11.8 Å². The van der Waals surface area contributed by atoms with E-state index in [1.54, 1.807) is 31.2 Å². The molecule has 0 spiro atoms. The number of thiophene rings is 1. The van der Waals surface area contributed by atoms with Gasteiger partial charge in [-0.2, -0.15) is 0 Å². The zero-order chi connectivity index (χ0) is 14.9. The first-order valence-corrected chi connectivity index (χ1v) is 8.57. The van der Waals surface area contributed by atoms with Crippen LogP contribution < -0.4 is 10.5 Å². The number of primary amides is 1. The van der Waals surface area contributed by atoms with E-state index in [0.29, 0.717) is 10.6 Å². The van der Waals surface area contributed by atoms with Crippen LogP contribution in [0.2, 0.25) is 0 Å². The van der Waals surface area contributed by atoms with Crippen molar-refractivity contribution in [2.24, 2.45) is 5.73 Å². The Labute approximate surface area is 129 Å². The summed E-state index contributed by atoms with van der Waals surface area (Å²) in [4.78, 5) is 11.9. The lowest BCUT2D eigenvalue weighted by Gasteiger charge is -2.07. The average Bonchev–Trinajstić information content (AvgIpc) is 2.71. The van der Waals surface area contributed by atoms with Gasteiger partial charge in [-0.15, -0.1) is 11.3 Å². The van der Waals surface area contributed by atoms with E-state index in [1.165, 1.54) is 6.07 Å². The van der Waals surface area contributed by atoms with E-state index in [2.05, 4.69) is 20.7 Å². The van der Waals surface area contributed by atoms with Crippen LogP contribution in [0, 0.1) is 6.92 Å². The Balaban J connectivity index is 2.38. The van der Waals surface area contributed by atoms with Crippen molar-refractivity contribution in [1.82, 2.24) is 0 Å². The zero-order valence-corrected chi connectivity index (χ0v) is 13.6. The molecule has 0 saturated heterocycles. The summed E-state index contributed by atoms with van der Waals surface area (Å²) < 4.78 is 27.8. The number of aryl methyl sites for hydroxylation is 1. The van der Waals surface area contributed by atoms with Crippen LogP contribution in [0.4, 0.5) is 5.69 Å². The van der Waals surface area contributed by atoms with Crippen LogP contribution in [0.15, 0.2) is 39.7 Å². The number of rotatable bonds is 4. The molecule has 0 bridgehead atoms. The minimum absolute atomic E-state index is 0.0660. The maximum atomic E-state index is 12.3. The van der Waals surface area contributed by atoms with Gasteiger partial charge in [0.15, 0.2) is 0 Å². The van der Waals surface area contributed by atoms with Crippen molar-refractivity contribution in [2.75, 3.05) is 4.72 Å². The highest BCUT2D eigenvalue weighted by Gasteiger charge is 2.21. The van der Waals surface area contributed by atoms with Crippen molar-refractivity contribution in [3.05, 3.63) is 44.6 Å². The predicted molar refractivity (Wildman–Crippen MR) is 82.5 cm³/mol. The van der Waals surface area contributed by atoms with Crippen molar-refractivity contribution < 1.29 is 13.2 Å². The number of hydrogen-bond donors (Lipinski definition) is 2. The van der Waals surface area contributed by atoms with Gasteiger partial charge in [0.05, 0.1) is 4.88 Å². The van der Waals surface area contributed by atoms with Gasteiger partial charge in [0.2, 0.25) is 0 Å². The monoisotopic (exact) mass is 374 g/mol. The van der Waals surface area contributed by atoms with Gasteiger partial charge >= 0.3 is 0 Å². The molecule has 0 radical (unpaired) electrons. The molecule has 8 heteroatoms. The quantitative estimate of drug-likeness (QED) is 0.861. The van der Waals surface area contributed by atoms with E-state index in [-0.39, 0.29) is 9.77 Å². The Morgan fingerprint density at radius 3 is 2.60 bits per heavy atom. The molecule has 2 rings (SSSR count). The minimum atomic E-state index is -3.74. The second-order valence-corrected chi connectivity index (χ2v) is 7.83. The highest BCUT2D eigenvalue weighted by Crippen LogP contribution is 2.27.